The minimum absolute atomic E-state index is 0.199. The smallest absolute Gasteiger partial charge is 0.175 e. The summed E-state index contributed by atoms with van der Waals surface area (Å²) in [6.07, 6.45) is 2.39. The van der Waals surface area contributed by atoms with Gasteiger partial charge >= 0.3 is 0 Å². The monoisotopic (exact) mass is 312 g/mol. The summed E-state index contributed by atoms with van der Waals surface area (Å²) in [7, 11) is 0. The molecule has 0 saturated carbocycles. The Kier molecular flexibility index (Phi) is 4.27. The standard InChI is InChI=1S/C14H17BrO3/c1-3-10-11(9(2)4-5-16)8-12-14(13(10)15)18-7-6-17-12/h5,8-9H,3-4,6-7H2,1-2H3. The fraction of sp³-hybridized carbons (Fsp3) is 0.500. The highest BCUT2D eigenvalue weighted by molar-refractivity contribution is 9.10. The average molecular weight is 313 g/mol. The average Bonchev–Trinajstić information content (AvgIpc) is 2.39. The van der Waals surface area contributed by atoms with Gasteiger partial charge in [0.05, 0.1) is 4.47 Å². The van der Waals surface area contributed by atoms with Crippen molar-refractivity contribution in [3.8, 4) is 11.5 Å². The van der Waals surface area contributed by atoms with Crippen molar-refractivity contribution in [1.82, 2.24) is 0 Å². The summed E-state index contributed by atoms with van der Waals surface area (Å²) < 4.78 is 12.2. The van der Waals surface area contributed by atoms with Crippen molar-refractivity contribution < 1.29 is 14.3 Å². The van der Waals surface area contributed by atoms with Crippen LogP contribution in [0.4, 0.5) is 0 Å². The molecule has 3 nitrogen and oxygen atoms in total. The molecule has 0 radical (unpaired) electrons. The van der Waals surface area contributed by atoms with Gasteiger partial charge < -0.3 is 14.3 Å². The van der Waals surface area contributed by atoms with Gasteiger partial charge in [0.15, 0.2) is 11.5 Å². The molecule has 1 atom stereocenters. The lowest BCUT2D eigenvalue weighted by Crippen LogP contribution is -2.17. The normalized spacial score (nSPS) is 15.3. The molecule has 1 aliphatic heterocycles. The molecule has 1 heterocycles. The molecule has 0 bridgehead atoms. The number of ether oxygens (including phenoxy) is 2. The Bertz CT molecular complexity index is 457. The van der Waals surface area contributed by atoms with Gasteiger partial charge in [-0.1, -0.05) is 13.8 Å². The van der Waals surface area contributed by atoms with E-state index in [1.807, 2.05) is 6.07 Å². The number of halogens is 1. The molecule has 0 saturated heterocycles. The predicted molar refractivity (Wildman–Crippen MR) is 73.6 cm³/mol. The van der Waals surface area contributed by atoms with Crippen molar-refractivity contribution in [3.05, 3.63) is 21.7 Å². The third-order valence-electron chi connectivity index (χ3n) is 3.24. The Hall–Kier alpha value is -1.03. The van der Waals surface area contributed by atoms with Crippen LogP contribution in [0, 0.1) is 0 Å². The maximum atomic E-state index is 10.7. The van der Waals surface area contributed by atoms with Gasteiger partial charge in [-0.2, -0.15) is 0 Å². The van der Waals surface area contributed by atoms with E-state index < -0.39 is 0 Å². The predicted octanol–water partition coefficient (Wildman–Crippen LogP) is 3.48. The second kappa shape index (κ2) is 5.74. The number of hydrogen-bond donors (Lipinski definition) is 0. The molecule has 0 spiro atoms. The van der Waals surface area contributed by atoms with E-state index in [1.165, 1.54) is 11.1 Å². The number of hydrogen-bond acceptors (Lipinski definition) is 3. The van der Waals surface area contributed by atoms with Crippen molar-refractivity contribution in [2.24, 2.45) is 0 Å². The summed E-state index contributed by atoms with van der Waals surface area (Å²) >= 11 is 3.60. The van der Waals surface area contributed by atoms with Crippen LogP contribution in [0.15, 0.2) is 10.5 Å². The summed E-state index contributed by atoms with van der Waals surface area (Å²) in [5, 5.41) is 0. The van der Waals surface area contributed by atoms with E-state index >= 15 is 0 Å². The number of carbonyl (C=O) groups excluding carboxylic acids is 1. The van der Waals surface area contributed by atoms with E-state index in [0.717, 1.165) is 28.7 Å². The van der Waals surface area contributed by atoms with Crippen molar-refractivity contribution in [3.63, 3.8) is 0 Å². The summed E-state index contributed by atoms with van der Waals surface area (Å²) in [4.78, 5) is 10.7. The molecular formula is C14H17BrO3. The van der Waals surface area contributed by atoms with Crippen LogP contribution in [-0.4, -0.2) is 19.5 Å². The van der Waals surface area contributed by atoms with Gasteiger partial charge in [-0.05, 0) is 45.5 Å². The highest BCUT2D eigenvalue weighted by Gasteiger charge is 2.22. The maximum absolute atomic E-state index is 10.7. The van der Waals surface area contributed by atoms with Crippen LogP contribution in [0.5, 0.6) is 11.5 Å². The van der Waals surface area contributed by atoms with E-state index in [2.05, 4.69) is 29.8 Å². The van der Waals surface area contributed by atoms with Crippen molar-refractivity contribution >= 4 is 22.2 Å². The zero-order valence-electron chi connectivity index (χ0n) is 10.7. The Labute approximate surface area is 116 Å². The lowest BCUT2D eigenvalue weighted by Gasteiger charge is -2.24. The Morgan fingerprint density at radius 1 is 1.44 bits per heavy atom. The molecule has 0 N–H and O–H groups in total. The zero-order chi connectivity index (χ0) is 13.1. The minimum Gasteiger partial charge on any atom is -0.486 e. The molecule has 0 fully saturated rings. The highest BCUT2D eigenvalue weighted by atomic mass is 79.9. The van der Waals surface area contributed by atoms with Gasteiger partial charge in [-0.3, -0.25) is 0 Å². The van der Waals surface area contributed by atoms with Crippen LogP contribution in [0.2, 0.25) is 0 Å². The van der Waals surface area contributed by atoms with E-state index in [9.17, 15) is 4.79 Å². The van der Waals surface area contributed by atoms with Crippen molar-refractivity contribution in [1.29, 1.82) is 0 Å². The molecule has 2 rings (SSSR count). The first-order valence-electron chi connectivity index (χ1n) is 6.23. The second-order valence-corrected chi connectivity index (χ2v) is 5.23. The lowest BCUT2D eigenvalue weighted by molar-refractivity contribution is -0.108. The first-order chi connectivity index (χ1) is 8.69. The van der Waals surface area contributed by atoms with Crippen LogP contribution >= 0.6 is 15.9 Å². The van der Waals surface area contributed by atoms with Gasteiger partial charge in [0.1, 0.15) is 19.5 Å². The fourth-order valence-corrected chi connectivity index (χ4v) is 3.09. The molecule has 1 unspecified atom stereocenters. The number of fused-ring (bicyclic) bond motifs is 1. The van der Waals surface area contributed by atoms with E-state index in [1.54, 1.807) is 0 Å². The van der Waals surface area contributed by atoms with Crippen LogP contribution in [0.25, 0.3) is 0 Å². The minimum atomic E-state index is 0.199. The molecule has 4 heteroatoms. The van der Waals surface area contributed by atoms with Gasteiger partial charge in [0, 0.05) is 6.42 Å². The molecule has 0 aliphatic carbocycles. The van der Waals surface area contributed by atoms with Gasteiger partial charge in [0.25, 0.3) is 0 Å². The number of aldehydes is 1. The van der Waals surface area contributed by atoms with Crippen molar-refractivity contribution in [2.75, 3.05) is 13.2 Å². The van der Waals surface area contributed by atoms with Gasteiger partial charge in [-0.25, -0.2) is 0 Å². The quantitative estimate of drug-likeness (QED) is 0.799. The Morgan fingerprint density at radius 2 is 2.17 bits per heavy atom. The number of rotatable bonds is 4. The Morgan fingerprint density at radius 3 is 2.83 bits per heavy atom. The summed E-state index contributed by atoms with van der Waals surface area (Å²) in [6, 6.07) is 2.02. The van der Waals surface area contributed by atoms with Crippen molar-refractivity contribution in [2.45, 2.75) is 32.6 Å². The van der Waals surface area contributed by atoms with E-state index in [0.29, 0.717) is 19.6 Å². The first-order valence-corrected chi connectivity index (χ1v) is 7.02. The molecule has 1 aliphatic rings. The molecule has 18 heavy (non-hydrogen) atoms. The third-order valence-corrected chi connectivity index (χ3v) is 4.08. The number of carbonyl (C=O) groups is 1. The largest absolute Gasteiger partial charge is 0.486 e. The molecule has 0 amide bonds. The first kappa shape index (κ1) is 13.4. The lowest BCUT2D eigenvalue weighted by atomic mass is 9.91. The summed E-state index contributed by atoms with van der Waals surface area (Å²) in [5.74, 6) is 1.77. The molecule has 98 valence electrons. The van der Waals surface area contributed by atoms with E-state index in [4.69, 9.17) is 9.47 Å². The maximum Gasteiger partial charge on any atom is 0.175 e. The zero-order valence-corrected chi connectivity index (χ0v) is 12.2. The van der Waals surface area contributed by atoms with Crippen LogP contribution in [0.1, 0.15) is 37.3 Å². The van der Waals surface area contributed by atoms with E-state index in [-0.39, 0.29) is 5.92 Å². The third kappa shape index (κ3) is 2.39. The number of benzene rings is 1. The van der Waals surface area contributed by atoms with Gasteiger partial charge in [0.2, 0.25) is 0 Å². The van der Waals surface area contributed by atoms with Gasteiger partial charge in [-0.15, -0.1) is 0 Å². The van der Waals surface area contributed by atoms with Crippen LogP contribution < -0.4 is 9.47 Å². The molecule has 1 aromatic carbocycles. The fourth-order valence-electron chi connectivity index (χ4n) is 2.27. The topological polar surface area (TPSA) is 35.5 Å². The molecular weight excluding hydrogens is 296 g/mol. The highest BCUT2D eigenvalue weighted by Crippen LogP contribution is 2.44. The molecule has 0 aromatic heterocycles. The molecule has 1 aromatic rings. The summed E-state index contributed by atoms with van der Waals surface area (Å²) in [6.45, 7) is 5.32. The summed E-state index contributed by atoms with van der Waals surface area (Å²) in [5.41, 5.74) is 2.37. The van der Waals surface area contributed by atoms with Crippen LogP contribution in [0.3, 0.4) is 0 Å². The second-order valence-electron chi connectivity index (χ2n) is 4.44. The van der Waals surface area contributed by atoms with Crippen LogP contribution in [-0.2, 0) is 11.2 Å². The Balaban J connectivity index is 2.51. The SMILES string of the molecule is CCc1c(C(C)CC=O)cc2c(c1Br)OCCO2.